The maximum absolute atomic E-state index is 12.6. The minimum atomic E-state index is -0.111. The van der Waals surface area contributed by atoms with Crippen LogP contribution in [0.25, 0.3) is 11.0 Å². The molecule has 2 atom stereocenters. The van der Waals surface area contributed by atoms with Crippen LogP contribution >= 0.6 is 24.8 Å². The van der Waals surface area contributed by atoms with Gasteiger partial charge in [0.15, 0.2) is 0 Å². The number of hydrogen-bond acceptors (Lipinski definition) is 4. The van der Waals surface area contributed by atoms with Crippen LogP contribution in [0, 0.1) is 11.8 Å². The summed E-state index contributed by atoms with van der Waals surface area (Å²) in [6, 6.07) is 8.14. The zero-order chi connectivity index (χ0) is 15.8. The summed E-state index contributed by atoms with van der Waals surface area (Å²) in [5, 5.41) is 3.23. The fourth-order valence-corrected chi connectivity index (χ4v) is 4.32. The summed E-state index contributed by atoms with van der Waals surface area (Å²) in [7, 11) is 0. The highest BCUT2D eigenvalue weighted by molar-refractivity contribution is 5.94. The van der Waals surface area contributed by atoms with Crippen molar-refractivity contribution < 1.29 is 4.79 Å². The van der Waals surface area contributed by atoms with Gasteiger partial charge in [-0.05, 0) is 49.7 Å². The number of nitrogens with zero attached hydrogens (tertiary/aromatic N) is 2. The second-order valence-electron chi connectivity index (χ2n) is 6.93. The van der Waals surface area contributed by atoms with E-state index in [1.807, 2.05) is 24.3 Å². The minimum Gasteiger partial charge on any atom is -0.347 e. The molecule has 1 aromatic carbocycles. The Morgan fingerprint density at radius 2 is 1.72 bits per heavy atom. The van der Waals surface area contributed by atoms with Gasteiger partial charge in [0.1, 0.15) is 5.69 Å². The summed E-state index contributed by atoms with van der Waals surface area (Å²) in [4.78, 5) is 21.4. The standard InChI is InChI=1S/C18H22N4O.2ClH/c19-13-8-11-4-3-5-12(9-13)17(11)22-18(23)16-10-20-14-6-1-2-7-15(14)21-16;;/h1-2,6-7,10-13,17H,3-5,8-9,19H2,(H,22,23);2*1H. The highest BCUT2D eigenvalue weighted by Gasteiger charge is 2.40. The Balaban J connectivity index is 0.00000113. The molecule has 3 N–H and O–H groups in total. The number of halogens is 2. The number of nitrogens with two attached hydrogens (primary N) is 1. The van der Waals surface area contributed by atoms with Gasteiger partial charge >= 0.3 is 0 Å². The Kier molecular flexibility index (Phi) is 6.60. The molecule has 136 valence electrons. The fourth-order valence-electron chi connectivity index (χ4n) is 4.32. The van der Waals surface area contributed by atoms with Crippen LogP contribution in [0.3, 0.4) is 0 Å². The van der Waals surface area contributed by atoms with Gasteiger partial charge in [-0.25, -0.2) is 4.98 Å². The lowest BCUT2D eigenvalue weighted by Crippen LogP contribution is -2.53. The number of benzene rings is 1. The van der Waals surface area contributed by atoms with Gasteiger partial charge in [-0.15, -0.1) is 24.8 Å². The van der Waals surface area contributed by atoms with E-state index in [2.05, 4.69) is 15.3 Å². The Hall–Kier alpha value is -1.43. The average molecular weight is 383 g/mol. The molecule has 2 fully saturated rings. The number of carbonyl (C=O) groups excluding carboxylic acids is 1. The molecule has 1 amide bonds. The number of amides is 1. The smallest absolute Gasteiger partial charge is 0.271 e. The maximum Gasteiger partial charge on any atom is 0.271 e. The molecule has 2 aliphatic rings. The third kappa shape index (κ3) is 4.05. The summed E-state index contributed by atoms with van der Waals surface area (Å²) in [6.07, 6.45) is 7.19. The van der Waals surface area contributed by atoms with Gasteiger partial charge in [-0.2, -0.15) is 0 Å². The summed E-state index contributed by atoms with van der Waals surface area (Å²) < 4.78 is 0. The number of rotatable bonds is 2. The molecule has 5 nitrogen and oxygen atoms in total. The quantitative estimate of drug-likeness (QED) is 0.835. The van der Waals surface area contributed by atoms with Crippen LogP contribution in [0.5, 0.6) is 0 Å². The van der Waals surface area contributed by atoms with E-state index in [9.17, 15) is 4.79 Å². The topological polar surface area (TPSA) is 80.9 Å². The fraction of sp³-hybridized carbons (Fsp3) is 0.500. The van der Waals surface area contributed by atoms with E-state index in [1.165, 1.54) is 19.3 Å². The summed E-state index contributed by atoms with van der Waals surface area (Å²) in [5.41, 5.74) is 8.12. The van der Waals surface area contributed by atoms with Gasteiger partial charge in [0.2, 0.25) is 0 Å². The first-order valence-electron chi connectivity index (χ1n) is 8.49. The van der Waals surface area contributed by atoms with Crippen LogP contribution in [0.4, 0.5) is 0 Å². The first-order chi connectivity index (χ1) is 11.2. The maximum atomic E-state index is 12.6. The van der Waals surface area contributed by atoms with Crippen LogP contribution in [-0.2, 0) is 0 Å². The predicted octanol–water partition coefficient (Wildman–Crippen LogP) is 3.11. The Labute approximate surface area is 160 Å². The molecule has 0 radical (unpaired) electrons. The second kappa shape index (κ2) is 8.30. The Morgan fingerprint density at radius 1 is 1.08 bits per heavy atom. The number of hydrogen-bond donors (Lipinski definition) is 2. The summed E-state index contributed by atoms with van der Waals surface area (Å²) in [5.74, 6) is 0.908. The lowest BCUT2D eigenvalue weighted by atomic mass is 9.67. The molecule has 0 aliphatic heterocycles. The average Bonchev–Trinajstić information content (AvgIpc) is 2.55. The molecule has 2 aliphatic carbocycles. The van der Waals surface area contributed by atoms with Gasteiger partial charge in [0, 0.05) is 12.1 Å². The molecule has 2 saturated carbocycles. The Bertz CT molecular complexity index is 728. The third-order valence-corrected chi connectivity index (χ3v) is 5.36. The molecule has 4 rings (SSSR count). The van der Waals surface area contributed by atoms with Gasteiger partial charge in [0.25, 0.3) is 5.91 Å². The molecule has 2 bridgehead atoms. The highest BCUT2D eigenvalue weighted by Crippen LogP contribution is 2.39. The summed E-state index contributed by atoms with van der Waals surface area (Å²) in [6.45, 7) is 0. The van der Waals surface area contributed by atoms with Crippen molar-refractivity contribution >= 4 is 41.8 Å². The van der Waals surface area contributed by atoms with E-state index in [-0.39, 0.29) is 36.8 Å². The van der Waals surface area contributed by atoms with Crippen LogP contribution < -0.4 is 11.1 Å². The number of fused-ring (bicyclic) bond motifs is 3. The molecular weight excluding hydrogens is 359 g/mol. The monoisotopic (exact) mass is 382 g/mol. The van der Waals surface area contributed by atoms with Crippen molar-refractivity contribution in [2.45, 2.75) is 44.2 Å². The van der Waals surface area contributed by atoms with E-state index in [0.29, 0.717) is 23.6 Å². The van der Waals surface area contributed by atoms with E-state index >= 15 is 0 Å². The lowest BCUT2D eigenvalue weighted by molar-refractivity contribution is 0.0751. The van der Waals surface area contributed by atoms with Crippen LogP contribution in [0.15, 0.2) is 30.5 Å². The molecular formula is C18H24Cl2N4O. The molecule has 1 aromatic heterocycles. The van der Waals surface area contributed by atoms with Gasteiger partial charge in [0.05, 0.1) is 17.2 Å². The van der Waals surface area contributed by atoms with E-state index in [0.717, 1.165) is 23.9 Å². The van der Waals surface area contributed by atoms with Gasteiger partial charge in [-0.1, -0.05) is 18.6 Å². The van der Waals surface area contributed by atoms with E-state index in [1.54, 1.807) is 6.20 Å². The molecule has 1 heterocycles. The molecule has 0 spiro atoms. The molecule has 2 unspecified atom stereocenters. The van der Waals surface area contributed by atoms with Crippen molar-refractivity contribution in [2.24, 2.45) is 17.6 Å². The zero-order valence-electron chi connectivity index (χ0n) is 13.9. The molecule has 7 heteroatoms. The van der Waals surface area contributed by atoms with E-state index < -0.39 is 0 Å². The van der Waals surface area contributed by atoms with E-state index in [4.69, 9.17) is 5.73 Å². The minimum absolute atomic E-state index is 0. The first kappa shape index (κ1) is 19.9. The van der Waals surface area contributed by atoms with Crippen molar-refractivity contribution in [3.63, 3.8) is 0 Å². The van der Waals surface area contributed by atoms with Gasteiger partial charge in [-0.3, -0.25) is 9.78 Å². The molecule has 2 aromatic rings. The van der Waals surface area contributed by atoms with Crippen molar-refractivity contribution in [1.82, 2.24) is 15.3 Å². The molecule has 0 saturated heterocycles. The predicted molar refractivity (Wildman–Crippen MR) is 103 cm³/mol. The number of para-hydroxylation sites is 2. The second-order valence-corrected chi connectivity index (χ2v) is 6.93. The first-order valence-corrected chi connectivity index (χ1v) is 8.49. The van der Waals surface area contributed by atoms with Crippen molar-refractivity contribution in [1.29, 1.82) is 0 Å². The highest BCUT2D eigenvalue weighted by atomic mass is 35.5. The van der Waals surface area contributed by atoms with Crippen LogP contribution in [-0.4, -0.2) is 28.0 Å². The van der Waals surface area contributed by atoms with Crippen molar-refractivity contribution in [2.75, 3.05) is 0 Å². The Morgan fingerprint density at radius 3 is 2.40 bits per heavy atom. The third-order valence-electron chi connectivity index (χ3n) is 5.36. The largest absolute Gasteiger partial charge is 0.347 e. The number of nitrogens with one attached hydrogen (secondary N) is 1. The van der Waals surface area contributed by atoms with Gasteiger partial charge < -0.3 is 11.1 Å². The zero-order valence-corrected chi connectivity index (χ0v) is 15.6. The van der Waals surface area contributed by atoms with Crippen molar-refractivity contribution in [3.8, 4) is 0 Å². The van der Waals surface area contributed by atoms with Crippen molar-refractivity contribution in [3.05, 3.63) is 36.2 Å². The number of aromatic nitrogens is 2. The SMILES string of the molecule is Cl.Cl.NC1CC2CCCC(C1)C2NC(=O)c1cnc2ccccc2n1. The normalized spacial score (nSPS) is 27.7. The molecule has 25 heavy (non-hydrogen) atoms. The summed E-state index contributed by atoms with van der Waals surface area (Å²) >= 11 is 0. The van der Waals surface area contributed by atoms with Crippen LogP contribution in [0.2, 0.25) is 0 Å². The number of carbonyl (C=O) groups is 1. The lowest BCUT2D eigenvalue weighted by Gasteiger charge is -2.45. The van der Waals surface area contributed by atoms with Crippen LogP contribution in [0.1, 0.15) is 42.6 Å².